The molecule has 4 heterocycles. The summed E-state index contributed by atoms with van der Waals surface area (Å²) in [6.45, 7) is 6.76. The van der Waals surface area contributed by atoms with Gasteiger partial charge >= 0.3 is 0 Å². The average molecular weight is 403 g/mol. The van der Waals surface area contributed by atoms with Crippen LogP contribution in [0.5, 0.6) is 5.88 Å². The molecule has 28 heavy (non-hydrogen) atoms. The van der Waals surface area contributed by atoms with E-state index in [0.29, 0.717) is 25.0 Å². The number of hydrogen-bond donors (Lipinski definition) is 0. The molecule has 0 unspecified atom stereocenters. The van der Waals surface area contributed by atoms with E-state index < -0.39 is 0 Å². The van der Waals surface area contributed by atoms with Crippen LogP contribution in [0.15, 0.2) is 6.33 Å². The fourth-order valence-electron chi connectivity index (χ4n) is 4.66. The summed E-state index contributed by atoms with van der Waals surface area (Å²) >= 11 is 1.66. The molecule has 0 radical (unpaired) electrons. The van der Waals surface area contributed by atoms with Crippen molar-refractivity contribution in [1.82, 2.24) is 19.8 Å². The summed E-state index contributed by atoms with van der Waals surface area (Å²) in [5, 5.41) is 1.02. The molecule has 1 saturated heterocycles. The van der Waals surface area contributed by atoms with Crippen molar-refractivity contribution in [1.29, 1.82) is 0 Å². The molecule has 0 N–H and O–H groups in total. The summed E-state index contributed by atoms with van der Waals surface area (Å²) in [4.78, 5) is 27.3. The van der Waals surface area contributed by atoms with Crippen molar-refractivity contribution in [3.63, 3.8) is 0 Å². The molecular formula is C20H26N4O3S. The molecule has 3 aliphatic rings. The third-order valence-electron chi connectivity index (χ3n) is 6.25. The molecule has 2 aromatic rings. The second-order valence-electron chi connectivity index (χ2n) is 7.93. The van der Waals surface area contributed by atoms with Crippen LogP contribution in [0, 0.1) is 0 Å². The first-order chi connectivity index (χ1) is 13.7. The quantitative estimate of drug-likeness (QED) is 0.786. The first kappa shape index (κ1) is 18.3. The Morgan fingerprint density at radius 2 is 1.96 bits per heavy atom. The highest BCUT2D eigenvalue weighted by atomic mass is 32.1. The van der Waals surface area contributed by atoms with Gasteiger partial charge in [-0.05, 0) is 25.7 Å². The van der Waals surface area contributed by atoms with Gasteiger partial charge in [0.15, 0.2) is 0 Å². The van der Waals surface area contributed by atoms with Crippen molar-refractivity contribution in [3.8, 4) is 5.88 Å². The number of carbonyl (C=O) groups excluding carboxylic acids is 1. The lowest BCUT2D eigenvalue weighted by Gasteiger charge is -2.38. The van der Waals surface area contributed by atoms with Crippen LogP contribution >= 0.6 is 11.3 Å². The van der Waals surface area contributed by atoms with E-state index >= 15 is 0 Å². The predicted octanol–water partition coefficient (Wildman–Crippen LogP) is 2.58. The Morgan fingerprint density at radius 3 is 2.71 bits per heavy atom. The van der Waals surface area contributed by atoms with E-state index in [4.69, 9.17) is 9.47 Å². The zero-order valence-electron chi connectivity index (χ0n) is 16.2. The van der Waals surface area contributed by atoms with Crippen LogP contribution in [0.2, 0.25) is 0 Å². The minimum Gasteiger partial charge on any atom is -0.474 e. The third-order valence-corrected chi connectivity index (χ3v) is 7.37. The van der Waals surface area contributed by atoms with E-state index in [0.717, 1.165) is 49.4 Å². The van der Waals surface area contributed by atoms with E-state index in [1.54, 1.807) is 24.6 Å². The Bertz CT molecular complexity index is 872. The number of fused-ring (bicyclic) bond motifs is 3. The summed E-state index contributed by atoms with van der Waals surface area (Å²) in [5.41, 5.74) is 1.17. The van der Waals surface area contributed by atoms with E-state index in [1.165, 1.54) is 23.3 Å². The van der Waals surface area contributed by atoms with Crippen molar-refractivity contribution < 1.29 is 14.3 Å². The number of amides is 1. The Hall–Kier alpha value is -1.77. The standard InChI is InChI=1S/C20H26N4O3S/c1-13(25)24-10-16-17(11-24)28-20-18(16)19(21-12-22-20)27-15-4-2-14(3-5-15)23-6-8-26-9-7-23/h12,14-15H,2-11H2,1H3. The Labute approximate surface area is 168 Å². The summed E-state index contributed by atoms with van der Waals surface area (Å²) in [6.07, 6.45) is 6.25. The monoisotopic (exact) mass is 402 g/mol. The van der Waals surface area contributed by atoms with Crippen molar-refractivity contribution in [3.05, 3.63) is 16.8 Å². The number of morpholine rings is 1. The normalized spacial score (nSPS) is 25.8. The number of thiophene rings is 1. The summed E-state index contributed by atoms with van der Waals surface area (Å²) in [7, 11) is 0. The van der Waals surface area contributed by atoms with Crippen LogP contribution in [0.25, 0.3) is 10.2 Å². The van der Waals surface area contributed by atoms with Gasteiger partial charge in [-0.3, -0.25) is 9.69 Å². The molecule has 0 atom stereocenters. The van der Waals surface area contributed by atoms with Gasteiger partial charge in [-0.1, -0.05) is 0 Å². The lowest BCUT2D eigenvalue weighted by Crippen LogP contribution is -2.46. The molecular weight excluding hydrogens is 376 g/mol. The average Bonchev–Trinajstić information content (AvgIpc) is 3.28. The SMILES string of the molecule is CC(=O)N1Cc2sc3ncnc(OC4CCC(N5CCOCC5)CC4)c3c2C1. The van der Waals surface area contributed by atoms with E-state index in [2.05, 4.69) is 14.9 Å². The molecule has 5 rings (SSSR count). The molecule has 8 heteroatoms. The molecule has 7 nitrogen and oxygen atoms in total. The highest BCUT2D eigenvalue weighted by molar-refractivity contribution is 7.18. The van der Waals surface area contributed by atoms with E-state index in [1.807, 2.05) is 4.90 Å². The second kappa shape index (κ2) is 7.57. The molecule has 0 aromatic carbocycles. The fraction of sp³-hybridized carbons (Fsp3) is 0.650. The van der Waals surface area contributed by atoms with Crippen LogP contribution in [0.4, 0.5) is 0 Å². The minimum atomic E-state index is 0.109. The second-order valence-corrected chi connectivity index (χ2v) is 9.02. The molecule has 1 amide bonds. The molecule has 2 fully saturated rings. The van der Waals surface area contributed by atoms with Gasteiger partial charge in [0.25, 0.3) is 0 Å². The fourth-order valence-corrected chi connectivity index (χ4v) is 5.82. The predicted molar refractivity (Wildman–Crippen MR) is 106 cm³/mol. The molecule has 2 aromatic heterocycles. The van der Waals surface area contributed by atoms with Crippen molar-refractivity contribution in [2.24, 2.45) is 0 Å². The van der Waals surface area contributed by atoms with Crippen LogP contribution in [0.3, 0.4) is 0 Å². The van der Waals surface area contributed by atoms with Gasteiger partial charge in [0, 0.05) is 43.0 Å². The van der Waals surface area contributed by atoms with E-state index in [-0.39, 0.29) is 12.0 Å². The summed E-state index contributed by atoms with van der Waals surface area (Å²) in [5.74, 6) is 0.806. The van der Waals surface area contributed by atoms with Gasteiger partial charge in [0.1, 0.15) is 17.3 Å². The van der Waals surface area contributed by atoms with Gasteiger partial charge in [0.05, 0.1) is 25.1 Å². The molecule has 0 spiro atoms. The maximum absolute atomic E-state index is 11.8. The van der Waals surface area contributed by atoms with Crippen molar-refractivity contribution in [2.45, 2.75) is 57.8 Å². The molecule has 2 aliphatic heterocycles. The van der Waals surface area contributed by atoms with E-state index in [9.17, 15) is 4.79 Å². The van der Waals surface area contributed by atoms with Crippen molar-refractivity contribution in [2.75, 3.05) is 26.3 Å². The van der Waals surface area contributed by atoms with Crippen LogP contribution in [-0.2, 0) is 22.6 Å². The maximum Gasteiger partial charge on any atom is 0.225 e. The Kier molecular flexibility index (Phi) is 4.94. The van der Waals surface area contributed by atoms with Crippen LogP contribution < -0.4 is 4.74 Å². The largest absolute Gasteiger partial charge is 0.474 e. The number of carbonyl (C=O) groups is 1. The third kappa shape index (κ3) is 3.38. The zero-order chi connectivity index (χ0) is 19.1. The Balaban J connectivity index is 1.29. The van der Waals surface area contributed by atoms with Gasteiger partial charge < -0.3 is 14.4 Å². The maximum atomic E-state index is 11.8. The lowest BCUT2D eigenvalue weighted by molar-refractivity contribution is -0.129. The number of ether oxygens (including phenoxy) is 2. The Morgan fingerprint density at radius 1 is 1.18 bits per heavy atom. The number of hydrogen-bond acceptors (Lipinski definition) is 7. The van der Waals surface area contributed by atoms with Crippen molar-refractivity contribution >= 4 is 27.5 Å². The number of rotatable bonds is 3. The summed E-state index contributed by atoms with van der Waals surface area (Å²) in [6, 6.07) is 0.656. The lowest BCUT2D eigenvalue weighted by atomic mass is 9.91. The highest BCUT2D eigenvalue weighted by Crippen LogP contribution is 2.41. The molecule has 1 saturated carbocycles. The molecule has 0 bridgehead atoms. The topological polar surface area (TPSA) is 67.8 Å². The van der Waals surface area contributed by atoms with Gasteiger partial charge in [0.2, 0.25) is 11.8 Å². The molecule has 150 valence electrons. The van der Waals surface area contributed by atoms with Crippen LogP contribution in [0.1, 0.15) is 43.0 Å². The number of nitrogens with zero attached hydrogens (tertiary/aromatic N) is 4. The van der Waals surface area contributed by atoms with Gasteiger partial charge in [-0.2, -0.15) is 0 Å². The van der Waals surface area contributed by atoms with Gasteiger partial charge in [-0.15, -0.1) is 11.3 Å². The first-order valence-electron chi connectivity index (χ1n) is 10.2. The molecule has 1 aliphatic carbocycles. The minimum absolute atomic E-state index is 0.109. The zero-order valence-corrected chi connectivity index (χ0v) is 17.0. The highest BCUT2D eigenvalue weighted by Gasteiger charge is 2.31. The van der Waals surface area contributed by atoms with Crippen LogP contribution in [-0.4, -0.2) is 64.1 Å². The first-order valence-corrected chi connectivity index (χ1v) is 11.0. The number of aromatic nitrogens is 2. The smallest absolute Gasteiger partial charge is 0.225 e. The summed E-state index contributed by atoms with van der Waals surface area (Å²) < 4.78 is 11.9. The van der Waals surface area contributed by atoms with Gasteiger partial charge in [-0.25, -0.2) is 9.97 Å².